The molecule has 3 aromatic heterocycles. The summed E-state index contributed by atoms with van der Waals surface area (Å²) in [5, 5.41) is 4.66. The van der Waals surface area contributed by atoms with Crippen molar-refractivity contribution in [1.29, 1.82) is 0 Å². The van der Waals surface area contributed by atoms with E-state index in [0.29, 0.717) is 28.8 Å². The fourth-order valence-electron chi connectivity index (χ4n) is 4.00. The number of aromatic nitrogens is 6. The van der Waals surface area contributed by atoms with Crippen molar-refractivity contribution in [3.8, 4) is 22.6 Å². The Morgan fingerprint density at radius 2 is 1.78 bits per heavy atom. The lowest BCUT2D eigenvalue weighted by Crippen LogP contribution is -2.31. The largest absolute Gasteiger partial charge is 0.465 e. The predicted octanol–water partition coefficient (Wildman–Crippen LogP) is 3.33. The maximum absolute atomic E-state index is 12.6. The van der Waals surface area contributed by atoms with Gasteiger partial charge < -0.3 is 9.64 Å². The van der Waals surface area contributed by atoms with Gasteiger partial charge in [-0.2, -0.15) is 9.50 Å². The molecule has 1 aromatic carbocycles. The minimum atomic E-state index is -0.509. The molecule has 0 radical (unpaired) electrons. The fraction of sp³-hybridized carbons (Fsp3) is 0.304. The van der Waals surface area contributed by atoms with Crippen molar-refractivity contribution in [2.24, 2.45) is 0 Å². The van der Waals surface area contributed by atoms with Crippen molar-refractivity contribution in [3.05, 3.63) is 54.0 Å². The zero-order valence-corrected chi connectivity index (χ0v) is 18.0. The van der Waals surface area contributed by atoms with Crippen molar-refractivity contribution in [1.82, 2.24) is 29.5 Å². The number of esters is 1. The van der Waals surface area contributed by atoms with Crippen molar-refractivity contribution in [3.63, 3.8) is 0 Å². The first kappa shape index (κ1) is 20.0. The molecule has 5 rings (SSSR count). The van der Waals surface area contributed by atoms with Crippen LogP contribution in [-0.2, 0) is 4.74 Å². The third-order valence-electron chi connectivity index (χ3n) is 5.66. The van der Waals surface area contributed by atoms with Crippen LogP contribution in [0, 0.1) is 6.92 Å². The Labute approximate surface area is 185 Å². The van der Waals surface area contributed by atoms with Crippen LogP contribution in [0.4, 0.5) is 5.95 Å². The van der Waals surface area contributed by atoms with Gasteiger partial charge in [-0.15, -0.1) is 5.10 Å². The van der Waals surface area contributed by atoms with Crippen molar-refractivity contribution in [2.45, 2.75) is 26.2 Å². The number of benzene rings is 1. The van der Waals surface area contributed by atoms with Crippen molar-refractivity contribution < 1.29 is 9.53 Å². The number of rotatable bonds is 4. The molecule has 0 amide bonds. The summed E-state index contributed by atoms with van der Waals surface area (Å²) >= 11 is 0. The summed E-state index contributed by atoms with van der Waals surface area (Å²) in [7, 11) is 1.34. The van der Waals surface area contributed by atoms with E-state index in [1.807, 2.05) is 37.3 Å². The van der Waals surface area contributed by atoms with Crippen LogP contribution in [-0.4, -0.2) is 55.7 Å². The Hall–Kier alpha value is -3.88. The Bertz CT molecular complexity index is 1280. The molecule has 4 aromatic rings. The van der Waals surface area contributed by atoms with E-state index in [1.165, 1.54) is 19.7 Å². The topological polar surface area (TPSA) is 98.4 Å². The van der Waals surface area contributed by atoms with E-state index in [4.69, 9.17) is 9.72 Å². The van der Waals surface area contributed by atoms with E-state index >= 15 is 0 Å². The standard InChI is InChI=1S/C23H23N7O2/c1-15-17(13-24-22(26-15)29-11-7-4-8-12-29)19-18(21(31)32-2)14-25-23-27-20(28-30(19)23)16-9-5-3-6-10-16/h3,5-6,9-10,13-14H,4,7-8,11-12H2,1-2H3. The highest BCUT2D eigenvalue weighted by atomic mass is 16.5. The summed E-state index contributed by atoms with van der Waals surface area (Å²) in [6.45, 7) is 3.82. The molecule has 1 aliphatic heterocycles. The van der Waals surface area contributed by atoms with Crippen LogP contribution >= 0.6 is 0 Å². The average Bonchev–Trinajstić information content (AvgIpc) is 3.29. The molecule has 1 fully saturated rings. The highest BCUT2D eigenvalue weighted by Crippen LogP contribution is 2.29. The zero-order chi connectivity index (χ0) is 22.1. The van der Waals surface area contributed by atoms with E-state index in [2.05, 4.69) is 25.0 Å². The molecule has 9 heteroatoms. The van der Waals surface area contributed by atoms with Crippen molar-refractivity contribution >= 4 is 17.7 Å². The number of ether oxygens (including phenoxy) is 1. The van der Waals surface area contributed by atoms with Gasteiger partial charge in [0, 0.05) is 36.6 Å². The smallest absolute Gasteiger partial charge is 0.341 e. The Morgan fingerprint density at radius 1 is 1.00 bits per heavy atom. The number of hydrogen-bond acceptors (Lipinski definition) is 8. The van der Waals surface area contributed by atoms with Crippen LogP contribution < -0.4 is 4.90 Å². The highest BCUT2D eigenvalue weighted by Gasteiger charge is 2.24. The van der Waals surface area contributed by atoms with Gasteiger partial charge in [0.2, 0.25) is 5.95 Å². The third kappa shape index (κ3) is 3.55. The number of hydrogen-bond donors (Lipinski definition) is 0. The molecule has 32 heavy (non-hydrogen) atoms. The average molecular weight is 429 g/mol. The minimum absolute atomic E-state index is 0.280. The van der Waals surface area contributed by atoms with E-state index in [-0.39, 0.29) is 5.56 Å². The van der Waals surface area contributed by atoms with Gasteiger partial charge in [0.25, 0.3) is 5.78 Å². The van der Waals surface area contributed by atoms with Crippen LogP contribution in [0.15, 0.2) is 42.7 Å². The second kappa shape index (κ2) is 8.33. The number of fused-ring (bicyclic) bond motifs is 1. The third-order valence-corrected chi connectivity index (χ3v) is 5.66. The summed E-state index contributed by atoms with van der Waals surface area (Å²) in [6.07, 6.45) is 6.74. The first-order chi connectivity index (χ1) is 15.7. The van der Waals surface area contributed by atoms with Crippen molar-refractivity contribution in [2.75, 3.05) is 25.1 Å². The van der Waals surface area contributed by atoms with Gasteiger partial charge in [0.1, 0.15) is 5.56 Å². The SMILES string of the molecule is COC(=O)c1cnc2nc(-c3ccccc3)nn2c1-c1cnc(N2CCCCC2)nc1C. The number of carbonyl (C=O) groups is 1. The van der Waals surface area contributed by atoms with Gasteiger partial charge in [-0.3, -0.25) is 0 Å². The Kier molecular flexibility index (Phi) is 5.22. The summed E-state index contributed by atoms with van der Waals surface area (Å²) in [5.74, 6) is 1.10. The molecular formula is C23H23N7O2. The monoisotopic (exact) mass is 429 g/mol. The summed E-state index contributed by atoms with van der Waals surface area (Å²) in [4.78, 5) is 33.1. The number of nitrogens with zero attached hydrogens (tertiary/aromatic N) is 7. The van der Waals surface area contributed by atoms with Gasteiger partial charge in [-0.25, -0.2) is 19.7 Å². The molecule has 1 aliphatic rings. The highest BCUT2D eigenvalue weighted by molar-refractivity contribution is 5.96. The summed E-state index contributed by atoms with van der Waals surface area (Å²) in [6, 6.07) is 9.64. The first-order valence-corrected chi connectivity index (χ1v) is 10.6. The second-order valence-electron chi connectivity index (χ2n) is 7.74. The van der Waals surface area contributed by atoms with Crippen LogP contribution in [0.2, 0.25) is 0 Å². The van der Waals surface area contributed by atoms with Gasteiger partial charge in [-0.05, 0) is 26.2 Å². The lowest BCUT2D eigenvalue weighted by atomic mass is 10.1. The minimum Gasteiger partial charge on any atom is -0.465 e. The number of piperidine rings is 1. The summed E-state index contributed by atoms with van der Waals surface area (Å²) in [5.41, 5.74) is 3.08. The fourth-order valence-corrected chi connectivity index (χ4v) is 4.00. The van der Waals surface area contributed by atoms with Crippen LogP contribution in [0.25, 0.3) is 28.4 Å². The van der Waals surface area contributed by atoms with Gasteiger partial charge in [-0.1, -0.05) is 30.3 Å². The molecule has 0 unspecified atom stereocenters. The van der Waals surface area contributed by atoms with E-state index in [9.17, 15) is 4.79 Å². The zero-order valence-electron chi connectivity index (χ0n) is 18.0. The number of carbonyl (C=O) groups excluding carboxylic acids is 1. The number of anilines is 1. The van der Waals surface area contributed by atoms with Crippen LogP contribution in [0.5, 0.6) is 0 Å². The molecule has 162 valence electrons. The molecule has 0 spiro atoms. The summed E-state index contributed by atoms with van der Waals surface area (Å²) < 4.78 is 6.58. The van der Waals surface area contributed by atoms with E-state index < -0.39 is 5.97 Å². The molecule has 0 aliphatic carbocycles. The van der Waals surface area contributed by atoms with Gasteiger partial charge >= 0.3 is 5.97 Å². The molecule has 0 bridgehead atoms. The van der Waals surface area contributed by atoms with Gasteiger partial charge in [0.05, 0.1) is 18.5 Å². The Balaban J connectivity index is 1.67. The normalized spacial score (nSPS) is 14.0. The quantitative estimate of drug-likeness (QED) is 0.456. The molecule has 9 nitrogen and oxygen atoms in total. The maximum Gasteiger partial charge on any atom is 0.341 e. The number of methoxy groups -OCH3 is 1. The molecule has 0 saturated carbocycles. The maximum atomic E-state index is 12.6. The predicted molar refractivity (Wildman–Crippen MR) is 119 cm³/mol. The second-order valence-corrected chi connectivity index (χ2v) is 7.74. The lowest BCUT2D eigenvalue weighted by molar-refractivity contribution is 0.0600. The van der Waals surface area contributed by atoms with Gasteiger partial charge in [0.15, 0.2) is 5.82 Å². The molecular weight excluding hydrogens is 406 g/mol. The molecule has 0 N–H and O–H groups in total. The van der Waals surface area contributed by atoms with Crippen LogP contribution in [0.3, 0.4) is 0 Å². The molecule has 4 heterocycles. The van der Waals surface area contributed by atoms with Crippen LogP contribution in [0.1, 0.15) is 35.3 Å². The van der Waals surface area contributed by atoms with E-state index in [0.717, 1.165) is 37.2 Å². The molecule has 0 atom stereocenters. The first-order valence-electron chi connectivity index (χ1n) is 10.6. The van der Waals surface area contributed by atoms with E-state index in [1.54, 1.807) is 10.7 Å². The number of aryl methyl sites for hydroxylation is 1. The Morgan fingerprint density at radius 3 is 2.50 bits per heavy atom. The lowest BCUT2D eigenvalue weighted by Gasteiger charge is -2.27. The molecule has 1 saturated heterocycles.